The molecule has 1 saturated heterocycles. The standard InChI is InChI=1S/C25H32N2O5/c1-15-8-10-19(32-15)21-20(23(29)24(30)27(21)13-12-26(5)6)22(28)17-14-16(25(2,3)4)9-11-18(17)31-7/h8-11,14,21,28H,12-13H2,1-7H3/b22-20+. The molecule has 3 rings (SSSR count). The van der Waals surface area contributed by atoms with Gasteiger partial charge in [-0.3, -0.25) is 9.59 Å². The third-order valence-corrected chi connectivity index (χ3v) is 5.68. The van der Waals surface area contributed by atoms with Crippen LogP contribution in [0.4, 0.5) is 0 Å². The van der Waals surface area contributed by atoms with E-state index in [1.165, 1.54) is 12.0 Å². The molecule has 0 spiro atoms. The van der Waals surface area contributed by atoms with E-state index in [-0.39, 0.29) is 16.7 Å². The summed E-state index contributed by atoms with van der Waals surface area (Å²) in [5, 5.41) is 11.4. The van der Waals surface area contributed by atoms with E-state index in [0.717, 1.165) is 5.56 Å². The molecule has 32 heavy (non-hydrogen) atoms. The van der Waals surface area contributed by atoms with Gasteiger partial charge in [-0.25, -0.2) is 0 Å². The van der Waals surface area contributed by atoms with Gasteiger partial charge < -0.3 is 24.1 Å². The number of amides is 1. The fourth-order valence-electron chi connectivity index (χ4n) is 3.82. The lowest BCUT2D eigenvalue weighted by Gasteiger charge is -2.25. The van der Waals surface area contributed by atoms with Gasteiger partial charge in [0.1, 0.15) is 29.1 Å². The zero-order chi connectivity index (χ0) is 23.8. The van der Waals surface area contributed by atoms with Crippen molar-refractivity contribution in [2.75, 3.05) is 34.3 Å². The minimum Gasteiger partial charge on any atom is -0.507 e. The Balaban J connectivity index is 2.22. The number of ketones is 1. The van der Waals surface area contributed by atoms with Crippen LogP contribution in [0.3, 0.4) is 0 Å². The van der Waals surface area contributed by atoms with Gasteiger partial charge in [-0.1, -0.05) is 26.8 Å². The molecule has 1 atom stereocenters. The monoisotopic (exact) mass is 440 g/mol. The lowest BCUT2D eigenvalue weighted by molar-refractivity contribution is -0.140. The predicted octanol–water partition coefficient (Wildman–Crippen LogP) is 3.88. The van der Waals surface area contributed by atoms with E-state index in [9.17, 15) is 14.7 Å². The van der Waals surface area contributed by atoms with Crippen LogP contribution in [0.1, 0.15) is 49.5 Å². The van der Waals surface area contributed by atoms with Crippen LogP contribution in [0.25, 0.3) is 5.76 Å². The number of aliphatic hydroxyl groups is 1. The highest BCUT2D eigenvalue weighted by molar-refractivity contribution is 6.46. The number of benzene rings is 1. The van der Waals surface area contributed by atoms with Crippen molar-refractivity contribution in [3.8, 4) is 5.75 Å². The van der Waals surface area contributed by atoms with E-state index in [2.05, 4.69) is 20.8 Å². The third-order valence-electron chi connectivity index (χ3n) is 5.68. The Kier molecular flexibility index (Phi) is 6.51. The molecule has 0 bridgehead atoms. The van der Waals surface area contributed by atoms with Crippen LogP contribution < -0.4 is 4.74 Å². The number of hydrogen-bond donors (Lipinski definition) is 1. The molecule has 172 valence electrons. The largest absolute Gasteiger partial charge is 0.507 e. The molecule has 1 aromatic heterocycles. The average Bonchev–Trinajstić information content (AvgIpc) is 3.26. The van der Waals surface area contributed by atoms with E-state index in [0.29, 0.717) is 35.9 Å². The number of likely N-dealkylation sites (tertiary alicyclic amines) is 1. The Labute approximate surface area is 189 Å². The van der Waals surface area contributed by atoms with Crippen LogP contribution in [0, 0.1) is 6.92 Å². The second-order valence-corrected chi connectivity index (χ2v) is 9.41. The molecule has 1 aliphatic heterocycles. The van der Waals surface area contributed by atoms with Crippen LogP contribution in [0.5, 0.6) is 5.75 Å². The lowest BCUT2D eigenvalue weighted by atomic mass is 9.85. The fraction of sp³-hybridized carbons (Fsp3) is 0.440. The van der Waals surface area contributed by atoms with E-state index < -0.39 is 17.7 Å². The number of carbonyl (C=O) groups is 2. The number of nitrogens with zero attached hydrogens (tertiary/aromatic N) is 2. The maximum atomic E-state index is 13.1. The molecular formula is C25H32N2O5. The van der Waals surface area contributed by atoms with Crippen molar-refractivity contribution in [1.82, 2.24) is 9.80 Å². The number of rotatable bonds is 6. The summed E-state index contributed by atoms with van der Waals surface area (Å²) >= 11 is 0. The average molecular weight is 441 g/mol. The van der Waals surface area contributed by atoms with Crippen LogP contribution >= 0.6 is 0 Å². The molecule has 2 aromatic rings. The number of aliphatic hydroxyl groups excluding tert-OH is 1. The molecular weight excluding hydrogens is 408 g/mol. The number of methoxy groups -OCH3 is 1. The summed E-state index contributed by atoms with van der Waals surface area (Å²) in [6, 6.07) is 8.22. The Morgan fingerprint density at radius 3 is 2.41 bits per heavy atom. The molecule has 2 heterocycles. The minimum absolute atomic E-state index is 0.00691. The van der Waals surface area contributed by atoms with E-state index in [4.69, 9.17) is 9.15 Å². The van der Waals surface area contributed by atoms with Crippen molar-refractivity contribution in [3.05, 3.63) is 58.6 Å². The van der Waals surface area contributed by atoms with E-state index in [1.54, 1.807) is 25.1 Å². The van der Waals surface area contributed by atoms with Gasteiger partial charge in [0.2, 0.25) is 0 Å². The van der Waals surface area contributed by atoms with Crippen LogP contribution in [0.15, 0.2) is 40.3 Å². The summed E-state index contributed by atoms with van der Waals surface area (Å²) in [6.07, 6.45) is 0. The summed E-state index contributed by atoms with van der Waals surface area (Å²) in [7, 11) is 5.29. The number of carbonyl (C=O) groups excluding carboxylic acids is 2. The number of aryl methyl sites for hydroxylation is 1. The molecule has 1 N–H and O–H groups in total. The van der Waals surface area contributed by atoms with Gasteiger partial charge in [-0.15, -0.1) is 0 Å². The van der Waals surface area contributed by atoms with Crippen molar-refractivity contribution >= 4 is 17.4 Å². The molecule has 1 aromatic carbocycles. The predicted molar refractivity (Wildman–Crippen MR) is 123 cm³/mol. The second-order valence-electron chi connectivity index (χ2n) is 9.41. The number of Topliss-reactive ketones (excluding diaryl/α,β-unsaturated/α-hetero) is 1. The molecule has 7 heteroatoms. The highest BCUT2D eigenvalue weighted by Crippen LogP contribution is 2.42. The summed E-state index contributed by atoms with van der Waals surface area (Å²) in [6.45, 7) is 8.86. The molecule has 0 aliphatic carbocycles. The topological polar surface area (TPSA) is 83.2 Å². The molecule has 0 radical (unpaired) electrons. The second kappa shape index (κ2) is 8.82. The summed E-state index contributed by atoms with van der Waals surface area (Å²) in [5.74, 6) is -0.137. The minimum atomic E-state index is -0.813. The molecule has 1 fully saturated rings. The maximum absolute atomic E-state index is 13.1. The first-order chi connectivity index (χ1) is 15.0. The highest BCUT2D eigenvalue weighted by atomic mass is 16.5. The van der Waals surface area contributed by atoms with Gasteiger partial charge in [-0.05, 0) is 56.3 Å². The third kappa shape index (κ3) is 4.43. The SMILES string of the molecule is COc1ccc(C(C)(C)C)cc1/C(O)=C1\C(=O)C(=O)N(CCN(C)C)C1c1ccc(C)o1. The first-order valence-corrected chi connectivity index (χ1v) is 10.6. The Morgan fingerprint density at radius 2 is 1.88 bits per heavy atom. The van der Waals surface area contributed by atoms with Gasteiger partial charge in [0.15, 0.2) is 0 Å². The molecule has 1 aliphatic rings. The molecule has 0 saturated carbocycles. The molecule has 7 nitrogen and oxygen atoms in total. The van der Waals surface area contributed by atoms with Crippen molar-refractivity contribution in [2.45, 2.75) is 39.2 Å². The van der Waals surface area contributed by atoms with Gasteiger partial charge in [0.25, 0.3) is 11.7 Å². The van der Waals surface area contributed by atoms with Gasteiger partial charge >= 0.3 is 0 Å². The smallest absolute Gasteiger partial charge is 0.295 e. The first kappa shape index (κ1) is 23.6. The van der Waals surface area contributed by atoms with Gasteiger partial charge in [-0.2, -0.15) is 0 Å². The van der Waals surface area contributed by atoms with Crippen molar-refractivity contribution in [3.63, 3.8) is 0 Å². The van der Waals surface area contributed by atoms with E-state index in [1.807, 2.05) is 31.1 Å². The molecule has 1 unspecified atom stereocenters. The quantitative estimate of drug-likeness (QED) is 0.417. The number of hydrogen-bond acceptors (Lipinski definition) is 6. The molecule has 1 amide bonds. The number of ether oxygens (including phenoxy) is 1. The van der Waals surface area contributed by atoms with Crippen LogP contribution in [0.2, 0.25) is 0 Å². The van der Waals surface area contributed by atoms with E-state index >= 15 is 0 Å². The Bertz CT molecular complexity index is 1060. The van der Waals surface area contributed by atoms with Crippen molar-refractivity contribution < 1.29 is 23.8 Å². The van der Waals surface area contributed by atoms with Crippen LogP contribution in [-0.2, 0) is 15.0 Å². The maximum Gasteiger partial charge on any atom is 0.295 e. The first-order valence-electron chi connectivity index (χ1n) is 10.6. The highest BCUT2D eigenvalue weighted by Gasteiger charge is 2.47. The Morgan fingerprint density at radius 1 is 1.19 bits per heavy atom. The van der Waals surface area contributed by atoms with Gasteiger partial charge in [0, 0.05) is 13.1 Å². The number of likely N-dealkylation sites (N-methyl/N-ethyl adjacent to an activating group) is 1. The van der Waals surface area contributed by atoms with Crippen molar-refractivity contribution in [1.29, 1.82) is 0 Å². The van der Waals surface area contributed by atoms with Gasteiger partial charge in [0.05, 0.1) is 18.2 Å². The zero-order valence-corrected chi connectivity index (χ0v) is 19.9. The summed E-state index contributed by atoms with van der Waals surface area (Å²) in [5.41, 5.74) is 1.16. The number of furan rings is 1. The normalized spacial score (nSPS) is 18.6. The fourth-order valence-corrected chi connectivity index (χ4v) is 3.82. The summed E-state index contributed by atoms with van der Waals surface area (Å²) in [4.78, 5) is 29.5. The Hall–Kier alpha value is -3.06. The lowest BCUT2D eigenvalue weighted by Crippen LogP contribution is -2.35. The zero-order valence-electron chi connectivity index (χ0n) is 19.9. The summed E-state index contributed by atoms with van der Waals surface area (Å²) < 4.78 is 11.3. The van der Waals surface area contributed by atoms with Crippen LogP contribution in [-0.4, -0.2) is 60.9 Å². The van der Waals surface area contributed by atoms with Crippen molar-refractivity contribution in [2.24, 2.45) is 0 Å².